The third kappa shape index (κ3) is 4.14. The van der Waals surface area contributed by atoms with Gasteiger partial charge in [0.05, 0.1) is 45.2 Å². The SMILES string of the molecule is O=S(=O)(O)c1cc2[nH]c1=Cc1nc(c3[nH]cccc1-3)C=C1C=CC(=N1)C=C1C=CC(=N1)C=2.[Ca]. The predicted octanol–water partition coefficient (Wildman–Crippen LogP) is 1.58. The number of hydrogen-bond donors (Lipinski definition) is 3. The number of pyridine rings is 1. The smallest absolute Gasteiger partial charge is 0.296 e. The average Bonchev–Trinajstić information content (AvgIpc) is 3.52. The standard InChI is InChI=1S/C23H15N5O3S.Ca/c29-32(30,31)22-11-17-9-15-4-3-13(25-15)8-14-5-6-16(26-14)10-21-23-18(2-1-7-24-23)19(28-21)12-20(22)27-17;/h1-12,24,27H,(H,29,30,31);. The normalized spacial score (nSPS) is 16.4. The first-order valence-electron chi connectivity index (χ1n) is 9.76. The first-order valence-corrected chi connectivity index (χ1v) is 11.2. The maximum absolute atomic E-state index is 12.0. The van der Waals surface area contributed by atoms with Crippen LogP contribution in [0.5, 0.6) is 0 Å². The number of nitrogens with one attached hydrogen (secondary N) is 2. The van der Waals surface area contributed by atoms with Crippen molar-refractivity contribution in [3.05, 3.63) is 88.3 Å². The third-order valence-electron chi connectivity index (χ3n) is 5.27. The topological polar surface area (TPSA) is 124 Å². The molecule has 0 unspecified atom stereocenters. The molecule has 0 saturated carbocycles. The van der Waals surface area contributed by atoms with Crippen LogP contribution in [0.1, 0.15) is 11.4 Å². The second kappa shape index (κ2) is 8.19. The van der Waals surface area contributed by atoms with Crippen molar-refractivity contribution in [1.29, 1.82) is 0 Å². The summed E-state index contributed by atoms with van der Waals surface area (Å²) < 4.78 is 33.9. The van der Waals surface area contributed by atoms with Gasteiger partial charge in [0.2, 0.25) is 0 Å². The van der Waals surface area contributed by atoms with Gasteiger partial charge in [0.25, 0.3) is 10.1 Å². The molecule has 0 aromatic carbocycles. The van der Waals surface area contributed by atoms with Gasteiger partial charge in [-0.1, -0.05) is 0 Å². The first-order chi connectivity index (χ1) is 15.4. The van der Waals surface area contributed by atoms with Crippen molar-refractivity contribution in [3.8, 4) is 11.3 Å². The number of fused-ring (bicyclic) bond motifs is 9. The molecule has 5 aliphatic rings. The molecule has 2 radical (unpaired) electrons. The zero-order valence-corrected chi connectivity index (χ0v) is 20.2. The van der Waals surface area contributed by atoms with Gasteiger partial charge in [0, 0.05) is 54.8 Å². The molecule has 0 amide bonds. The van der Waals surface area contributed by atoms with Gasteiger partial charge < -0.3 is 9.97 Å². The molecule has 0 aliphatic carbocycles. The van der Waals surface area contributed by atoms with E-state index in [0.29, 0.717) is 22.4 Å². The summed E-state index contributed by atoms with van der Waals surface area (Å²) in [6.07, 6.45) is 16.4. The van der Waals surface area contributed by atoms with Crippen molar-refractivity contribution in [2.75, 3.05) is 0 Å². The van der Waals surface area contributed by atoms with E-state index in [4.69, 9.17) is 4.98 Å². The Hall–Kier alpha value is -2.82. The van der Waals surface area contributed by atoms with Crippen LogP contribution in [0.3, 0.4) is 0 Å². The zero-order chi connectivity index (χ0) is 21.9. The van der Waals surface area contributed by atoms with Gasteiger partial charge in [-0.15, -0.1) is 0 Å². The molecule has 6 heterocycles. The fourth-order valence-electron chi connectivity index (χ4n) is 3.89. The Labute approximate surface area is 218 Å². The molecular weight excluding hydrogens is 466 g/mol. The maximum atomic E-state index is 12.0. The van der Waals surface area contributed by atoms with E-state index >= 15 is 0 Å². The second-order valence-corrected chi connectivity index (χ2v) is 8.88. The number of aromatic amines is 2. The fourth-order valence-corrected chi connectivity index (χ4v) is 4.55. The fraction of sp³-hybridized carbons (Fsp3) is 0. The van der Waals surface area contributed by atoms with Gasteiger partial charge in [0.1, 0.15) is 4.90 Å². The van der Waals surface area contributed by atoms with E-state index in [1.54, 1.807) is 18.3 Å². The summed E-state index contributed by atoms with van der Waals surface area (Å²) in [5.41, 5.74) is 5.72. The van der Waals surface area contributed by atoms with Gasteiger partial charge in [-0.25, -0.2) is 15.0 Å². The minimum atomic E-state index is -4.46. The molecule has 1 aromatic heterocycles. The van der Waals surface area contributed by atoms with E-state index in [1.807, 2.05) is 48.6 Å². The second-order valence-electron chi connectivity index (χ2n) is 7.49. The van der Waals surface area contributed by atoms with Gasteiger partial charge in [-0.05, 0) is 66.8 Å². The van der Waals surface area contributed by atoms with Crippen LogP contribution < -0.4 is 10.7 Å². The Balaban J connectivity index is 0.00000228. The van der Waals surface area contributed by atoms with Crippen molar-refractivity contribution < 1.29 is 13.0 Å². The van der Waals surface area contributed by atoms with E-state index in [2.05, 4.69) is 20.0 Å². The van der Waals surface area contributed by atoms with Crippen LogP contribution in [0.4, 0.5) is 0 Å². The molecule has 8 bridgehead atoms. The number of aliphatic imine (C=N–C) groups is 2. The molecule has 10 heteroatoms. The molecule has 158 valence electrons. The molecular formula is C23H15CaN5O3S. The van der Waals surface area contributed by atoms with Crippen LogP contribution in [0.25, 0.3) is 29.5 Å². The number of aromatic nitrogens is 3. The van der Waals surface area contributed by atoms with Crippen LogP contribution in [0.15, 0.2) is 81.1 Å². The van der Waals surface area contributed by atoms with Crippen LogP contribution in [-0.4, -0.2) is 77.1 Å². The van der Waals surface area contributed by atoms with E-state index in [-0.39, 0.29) is 48.0 Å². The summed E-state index contributed by atoms with van der Waals surface area (Å²) in [4.78, 5) is 19.9. The number of hydrogen-bond acceptors (Lipinski definition) is 5. The molecule has 33 heavy (non-hydrogen) atoms. The Morgan fingerprint density at radius 2 is 1.61 bits per heavy atom. The van der Waals surface area contributed by atoms with Crippen molar-refractivity contribution in [3.63, 3.8) is 0 Å². The molecule has 0 atom stereocenters. The van der Waals surface area contributed by atoms with Crippen LogP contribution in [0.2, 0.25) is 0 Å². The van der Waals surface area contributed by atoms with E-state index < -0.39 is 10.1 Å². The summed E-state index contributed by atoms with van der Waals surface area (Å²) in [6, 6.07) is 5.12. The largest absolute Gasteiger partial charge is 0.359 e. The molecule has 0 saturated heterocycles. The van der Waals surface area contributed by atoms with Crippen molar-refractivity contribution >= 4 is 77.5 Å². The van der Waals surface area contributed by atoms with Crippen molar-refractivity contribution in [2.24, 2.45) is 9.98 Å². The Morgan fingerprint density at radius 1 is 0.879 bits per heavy atom. The maximum Gasteiger partial charge on any atom is 0.296 e. The predicted molar refractivity (Wildman–Crippen MR) is 128 cm³/mol. The number of allylic oxidation sites excluding steroid dienone is 5. The average molecular weight is 482 g/mol. The monoisotopic (exact) mass is 481 g/mol. The number of H-pyrrole nitrogens is 2. The first kappa shape index (κ1) is 22.0. The Bertz CT molecular complexity index is 1700. The van der Waals surface area contributed by atoms with E-state index in [1.165, 1.54) is 6.07 Å². The van der Waals surface area contributed by atoms with Crippen molar-refractivity contribution in [1.82, 2.24) is 15.0 Å². The van der Waals surface area contributed by atoms with Gasteiger partial charge in [-0.3, -0.25) is 4.55 Å². The van der Waals surface area contributed by atoms with Crippen LogP contribution in [0, 0.1) is 0 Å². The van der Waals surface area contributed by atoms with Crippen LogP contribution >= 0.6 is 0 Å². The van der Waals surface area contributed by atoms with E-state index in [0.717, 1.165) is 28.4 Å². The van der Waals surface area contributed by atoms with Crippen molar-refractivity contribution in [2.45, 2.75) is 4.90 Å². The molecule has 3 N–H and O–H groups in total. The van der Waals surface area contributed by atoms with Gasteiger partial charge in [0.15, 0.2) is 0 Å². The molecule has 8 nitrogen and oxygen atoms in total. The van der Waals surface area contributed by atoms with Gasteiger partial charge in [-0.2, -0.15) is 8.42 Å². The summed E-state index contributed by atoms with van der Waals surface area (Å²) in [5, 5.41) is 0.719. The van der Waals surface area contributed by atoms with E-state index in [9.17, 15) is 13.0 Å². The number of nitrogens with zero attached hydrogens (tertiary/aromatic N) is 3. The molecule has 1 aromatic rings. The molecule has 0 spiro atoms. The summed E-state index contributed by atoms with van der Waals surface area (Å²) >= 11 is 0. The summed E-state index contributed by atoms with van der Waals surface area (Å²) in [5.74, 6) is 0. The zero-order valence-electron chi connectivity index (χ0n) is 17.1. The quantitative estimate of drug-likeness (QED) is 0.361. The minimum Gasteiger partial charge on any atom is -0.359 e. The summed E-state index contributed by atoms with van der Waals surface area (Å²) in [6.45, 7) is 0. The number of rotatable bonds is 1. The summed E-state index contributed by atoms with van der Waals surface area (Å²) in [7, 11) is -4.46. The van der Waals surface area contributed by atoms with Crippen LogP contribution in [-0.2, 0) is 10.1 Å². The Kier molecular flexibility index (Phi) is 5.46. The molecule has 0 fully saturated rings. The minimum absolute atomic E-state index is 0. The molecule has 6 rings (SSSR count). The van der Waals surface area contributed by atoms with Gasteiger partial charge >= 0.3 is 0 Å². The Morgan fingerprint density at radius 3 is 2.36 bits per heavy atom. The molecule has 5 aliphatic heterocycles. The third-order valence-corrected chi connectivity index (χ3v) is 6.16.